The van der Waals surface area contributed by atoms with E-state index in [0.717, 1.165) is 17.0 Å². The third kappa shape index (κ3) is 3.55. The zero-order valence-corrected chi connectivity index (χ0v) is 13.6. The van der Waals surface area contributed by atoms with Gasteiger partial charge in [0.2, 0.25) is 10.0 Å². The Morgan fingerprint density at radius 3 is 2.62 bits per heavy atom. The molecule has 2 N–H and O–H groups in total. The molecular weight excluding hydrogens is 335 g/mol. The molecule has 2 aromatic rings. The minimum Gasteiger partial charge on any atom is -0.398 e. The summed E-state index contributed by atoms with van der Waals surface area (Å²) < 4.78 is 40.3. The lowest BCUT2D eigenvalue weighted by molar-refractivity contribution is 0.426. The molecule has 0 saturated carbocycles. The van der Waals surface area contributed by atoms with Crippen LogP contribution in [0.25, 0.3) is 0 Å². The Morgan fingerprint density at radius 2 is 2.05 bits per heavy atom. The second-order valence-corrected chi connectivity index (χ2v) is 8.03. The van der Waals surface area contributed by atoms with E-state index in [0.29, 0.717) is 4.34 Å². The van der Waals surface area contributed by atoms with Crippen molar-refractivity contribution in [3.05, 3.63) is 45.4 Å². The first-order chi connectivity index (χ1) is 9.84. The molecular formula is C13H14ClFN2O2S2. The first-order valence-corrected chi connectivity index (χ1v) is 8.77. The van der Waals surface area contributed by atoms with Gasteiger partial charge in [-0.25, -0.2) is 12.8 Å². The van der Waals surface area contributed by atoms with Crippen LogP contribution in [-0.2, 0) is 16.6 Å². The predicted octanol–water partition coefficient (Wildman–Crippen LogP) is 3.33. The molecule has 21 heavy (non-hydrogen) atoms. The molecule has 0 saturated heterocycles. The van der Waals surface area contributed by atoms with E-state index in [1.54, 1.807) is 19.1 Å². The Hall–Kier alpha value is -1.15. The fraction of sp³-hybridized carbons (Fsp3) is 0.231. The number of halogens is 2. The van der Waals surface area contributed by atoms with Crippen molar-refractivity contribution in [3.8, 4) is 0 Å². The zero-order valence-electron chi connectivity index (χ0n) is 11.2. The highest BCUT2D eigenvalue weighted by molar-refractivity contribution is 7.89. The van der Waals surface area contributed by atoms with Crippen LogP contribution in [0.1, 0.15) is 11.8 Å². The maximum absolute atomic E-state index is 13.3. The summed E-state index contributed by atoms with van der Waals surface area (Å²) in [7, 11) is -3.86. The van der Waals surface area contributed by atoms with Crippen molar-refractivity contribution >= 4 is 38.6 Å². The smallest absolute Gasteiger partial charge is 0.245 e. The highest BCUT2D eigenvalue weighted by atomic mass is 35.5. The number of thiophene rings is 1. The summed E-state index contributed by atoms with van der Waals surface area (Å²) in [5, 5.41) is 0. The first-order valence-electron chi connectivity index (χ1n) is 6.14. The average Bonchev–Trinajstić information content (AvgIpc) is 2.84. The molecule has 0 unspecified atom stereocenters. The Labute approximate surface area is 132 Å². The van der Waals surface area contributed by atoms with Crippen LogP contribution in [0.4, 0.5) is 10.1 Å². The molecule has 1 aromatic carbocycles. The van der Waals surface area contributed by atoms with Gasteiger partial charge in [-0.3, -0.25) is 0 Å². The highest BCUT2D eigenvalue weighted by Crippen LogP contribution is 2.27. The van der Waals surface area contributed by atoms with Crippen LogP contribution < -0.4 is 5.73 Å². The van der Waals surface area contributed by atoms with Gasteiger partial charge in [0.15, 0.2) is 0 Å². The molecule has 0 aliphatic heterocycles. The molecule has 0 atom stereocenters. The second-order valence-electron chi connectivity index (χ2n) is 4.32. The molecule has 2 rings (SSSR count). The van der Waals surface area contributed by atoms with Crippen molar-refractivity contribution in [3.63, 3.8) is 0 Å². The summed E-state index contributed by atoms with van der Waals surface area (Å²) in [6.45, 7) is 2.13. The summed E-state index contributed by atoms with van der Waals surface area (Å²) in [6, 6.07) is 6.79. The van der Waals surface area contributed by atoms with E-state index >= 15 is 0 Å². The number of hydrogen-bond acceptors (Lipinski definition) is 4. The summed E-state index contributed by atoms with van der Waals surface area (Å²) in [5.74, 6) is -0.641. The van der Waals surface area contributed by atoms with Gasteiger partial charge in [-0.15, -0.1) is 11.3 Å². The van der Waals surface area contributed by atoms with Gasteiger partial charge in [-0.1, -0.05) is 18.5 Å². The summed E-state index contributed by atoms with van der Waals surface area (Å²) >= 11 is 7.15. The number of nitrogens with two attached hydrogens (primary N) is 1. The maximum atomic E-state index is 13.3. The fourth-order valence-corrected chi connectivity index (χ4v) is 4.59. The number of nitrogen functional groups attached to an aromatic ring is 1. The van der Waals surface area contributed by atoms with Crippen LogP contribution in [0.3, 0.4) is 0 Å². The van der Waals surface area contributed by atoms with Crippen LogP contribution in [0.15, 0.2) is 35.2 Å². The number of hydrogen-bond donors (Lipinski definition) is 1. The van der Waals surface area contributed by atoms with E-state index in [2.05, 4.69) is 0 Å². The zero-order chi connectivity index (χ0) is 15.6. The van der Waals surface area contributed by atoms with Crippen molar-refractivity contribution in [2.24, 2.45) is 0 Å². The van der Waals surface area contributed by atoms with Crippen molar-refractivity contribution in [1.82, 2.24) is 4.31 Å². The van der Waals surface area contributed by atoms with E-state index in [4.69, 9.17) is 17.3 Å². The van der Waals surface area contributed by atoms with Crippen LogP contribution >= 0.6 is 22.9 Å². The van der Waals surface area contributed by atoms with Crippen LogP contribution in [0.5, 0.6) is 0 Å². The van der Waals surface area contributed by atoms with E-state index in [9.17, 15) is 12.8 Å². The van der Waals surface area contributed by atoms with Gasteiger partial charge in [0.05, 0.1) is 10.0 Å². The largest absolute Gasteiger partial charge is 0.398 e. The Kier molecular flexibility index (Phi) is 4.88. The molecule has 0 aliphatic carbocycles. The predicted molar refractivity (Wildman–Crippen MR) is 83.4 cm³/mol. The lowest BCUT2D eigenvalue weighted by atomic mass is 10.3. The van der Waals surface area contributed by atoms with E-state index < -0.39 is 15.8 Å². The molecule has 0 radical (unpaired) electrons. The molecule has 4 nitrogen and oxygen atoms in total. The lowest BCUT2D eigenvalue weighted by Crippen LogP contribution is -2.30. The molecule has 0 bridgehead atoms. The first kappa shape index (κ1) is 16.2. The molecule has 0 amide bonds. The minimum atomic E-state index is -3.86. The Balaban J connectivity index is 2.37. The van der Waals surface area contributed by atoms with Gasteiger partial charge >= 0.3 is 0 Å². The van der Waals surface area contributed by atoms with Crippen LogP contribution in [-0.4, -0.2) is 19.3 Å². The van der Waals surface area contributed by atoms with Gasteiger partial charge in [-0.2, -0.15) is 4.31 Å². The van der Waals surface area contributed by atoms with E-state index in [1.807, 2.05) is 0 Å². The second kappa shape index (κ2) is 6.31. The van der Waals surface area contributed by atoms with Gasteiger partial charge in [0.1, 0.15) is 10.7 Å². The monoisotopic (exact) mass is 348 g/mol. The summed E-state index contributed by atoms with van der Waals surface area (Å²) in [5.41, 5.74) is 5.70. The molecule has 0 aliphatic rings. The third-order valence-electron chi connectivity index (χ3n) is 2.91. The third-order valence-corrected chi connectivity index (χ3v) is 6.10. The number of benzene rings is 1. The maximum Gasteiger partial charge on any atom is 0.245 e. The van der Waals surface area contributed by atoms with Crippen molar-refractivity contribution in [2.75, 3.05) is 12.3 Å². The molecule has 114 valence electrons. The molecule has 1 aromatic heterocycles. The molecule has 8 heteroatoms. The van der Waals surface area contributed by atoms with E-state index in [-0.39, 0.29) is 23.7 Å². The van der Waals surface area contributed by atoms with Crippen LogP contribution in [0.2, 0.25) is 4.34 Å². The van der Waals surface area contributed by atoms with Crippen molar-refractivity contribution in [1.29, 1.82) is 0 Å². The highest BCUT2D eigenvalue weighted by Gasteiger charge is 2.26. The van der Waals surface area contributed by atoms with Gasteiger partial charge in [0, 0.05) is 18.0 Å². The van der Waals surface area contributed by atoms with E-state index in [1.165, 1.54) is 21.7 Å². The SMILES string of the molecule is CCN(Cc1ccc(Cl)s1)S(=O)(=O)c1cc(F)ccc1N. The lowest BCUT2D eigenvalue weighted by Gasteiger charge is -2.20. The summed E-state index contributed by atoms with van der Waals surface area (Å²) in [4.78, 5) is 0.590. The number of rotatable bonds is 5. The van der Waals surface area contributed by atoms with Crippen LogP contribution in [0, 0.1) is 5.82 Å². The van der Waals surface area contributed by atoms with Gasteiger partial charge < -0.3 is 5.73 Å². The van der Waals surface area contributed by atoms with Gasteiger partial charge in [0.25, 0.3) is 0 Å². The molecule has 1 heterocycles. The normalized spacial score (nSPS) is 12.0. The van der Waals surface area contributed by atoms with Crippen molar-refractivity contribution in [2.45, 2.75) is 18.4 Å². The average molecular weight is 349 g/mol. The summed E-state index contributed by atoms with van der Waals surface area (Å²) in [6.07, 6.45) is 0. The van der Waals surface area contributed by atoms with Crippen molar-refractivity contribution < 1.29 is 12.8 Å². The standard InChI is InChI=1S/C13H14ClFN2O2S2/c1-2-17(8-10-4-6-13(14)20-10)21(18,19)12-7-9(15)3-5-11(12)16/h3-7H,2,8,16H2,1H3. The number of sulfonamides is 1. The Bertz CT molecular complexity index is 746. The molecule has 0 fully saturated rings. The topological polar surface area (TPSA) is 63.4 Å². The minimum absolute atomic E-state index is 0.0269. The molecule has 0 spiro atoms. The quantitative estimate of drug-likeness (QED) is 0.843. The number of nitrogens with zero attached hydrogens (tertiary/aromatic N) is 1. The Morgan fingerprint density at radius 1 is 1.33 bits per heavy atom. The fourth-order valence-electron chi connectivity index (χ4n) is 1.85. The number of anilines is 1. The van der Waals surface area contributed by atoms with Gasteiger partial charge in [-0.05, 0) is 30.3 Å².